The van der Waals surface area contributed by atoms with Crippen LogP contribution in [0.4, 0.5) is 0 Å². The molecule has 2 heteroatoms. The van der Waals surface area contributed by atoms with E-state index in [4.69, 9.17) is 11.6 Å². The lowest BCUT2D eigenvalue weighted by molar-refractivity contribution is 0.461. The molecule has 2 rings (SSSR count). The fourth-order valence-corrected chi connectivity index (χ4v) is 2.13. The number of hydrogen-bond donors (Lipinski definition) is 1. The second-order valence-corrected chi connectivity index (χ2v) is 4.75. The van der Waals surface area contributed by atoms with Gasteiger partial charge in [0.2, 0.25) is 0 Å². The second kappa shape index (κ2) is 3.74. The number of hydrogen-bond acceptors (Lipinski definition) is 1. The van der Waals surface area contributed by atoms with Gasteiger partial charge in [-0.1, -0.05) is 42.5 Å². The first-order chi connectivity index (χ1) is 7.11. The Hall–Kier alpha value is -1.21. The number of phenols is 1. The van der Waals surface area contributed by atoms with Gasteiger partial charge in [-0.2, -0.15) is 0 Å². The van der Waals surface area contributed by atoms with Crippen molar-refractivity contribution >= 4 is 11.6 Å². The molecule has 15 heavy (non-hydrogen) atoms. The fourth-order valence-electron chi connectivity index (χ4n) is 1.87. The van der Waals surface area contributed by atoms with Gasteiger partial charge in [-0.15, -0.1) is 11.6 Å². The minimum Gasteiger partial charge on any atom is -0.508 e. The molecule has 1 N–H and O–H groups in total. The van der Waals surface area contributed by atoms with Crippen LogP contribution in [0.5, 0.6) is 5.75 Å². The van der Waals surface area contributed by atoms with Gasteiger partial charge >= 0.3 is 0 Å². The number of halogens is 1. The highest BCUT2D eigenvalue weighted by atomic mass is 35.5. The summed E-state index contributed by atoms with van der Waals surface area (Å²) < 4.78 is 0. The van der Waals surface area contributed by atoms with Crippen LogP contribution in [0.25, 0.3) is 0 Å². The first kappa shape index (κ1) is 10.3. The normalized spacial score (nSPS) is 29.3. The average molecular weight is 221 g/mol. The van der Waals surface area contributed by atoms with Crippen LogP contribution in [-0.4, -0.2) is 9.98 Å². The minimum absolute atomic E-state index is 0.0189. The maximum Gasteiger partial charge on any atom is 0.119 e. The molecule has 0 saturated carbocycles. The van der Waals surface area contributed by atoms with Crippen molar-refractivity contribution in [1.82, 2.24) is 0 Å². The van der Waals surface area contributed by atoms with E-state index in [0.717, 1.165) is 5.56 Å². The summed E-state index contributed by atoms with van der Waals surface area (Å²) in [4.78, 5) is -0.465. The predicted molar refractivity (Wildman–Crippen MR) is 63.4 cm³/mol. The van der Waals surface area contributed by atoms with Gasteiger partial charge in [0.15, 0.2) is 0 Å². The van der Waals surface area contributed by atoms with Crippen LogP contribution in [0.15, 0.2) is 48.6 Å². The maximum atomic E-state index is 9.78. The van der Waals surface area contributed by atoms with Crippen molar-refractivity contribution < 1.29 is 5.11 Å². The lowest BCUT2D eigenvalue weighted by Crippen LogP contribution is -2.24. The van der Waals surface area contributed by atoms with Crippen molar-refractivity contribution in [1.29, 1.82) is 0 Å². The molecule has 2 unspecified atom stereocenters. The summed E-state index contributed by atoms with van der Waals surface area (Å²) >= 11 is 6.40. The monoisotopic (exact) mass is 220 g/mol. The van der Waals surface area contributed by atoms with Gasteiger partial charge in [-0.25, -0.2) is 0 Å². The molecule has 0 bridgehead atoms. The molecule has 1 aromatic rings. The molecule has 0 aliphatic heterocycles. The minimum atomic E-state index is -0.465. The Labute approximate surface area is 94.7 Å². The number of para-hydroxylation sites is 1. The molecule has 0 fully saturated rings. The van der Waals surface area contributed by atoms with Gasteiger partial charge in [0.1, 0.15) is 5.75 Å². The standard InChI is InChI=1S/C13H13ClO/c1-13(14)9-5-4-7-11(13)10-6-2-3-8-12(10)15/h2-9,11,15H,1H3. The maximum absolute atomic E-state index is 9.78. The van der Waals surface area contributed by atoms with Crippen LogP contribution in [0, 0.1) is 0 Å². The van der Waals surface area contributed by atoms with Gasteiger partial charge in [0.05, 0.1) is 4.87 Å². The van der Waals surface area contributed by atoms with Crippen LogP contribution >= 0.6 is 11.6 Å². The van der Waals surface area contributed by atoms with Crippen molar-refractivity contribution in [2.24, 2.45) is 0 Å². The van der Waals surface area contributed by atoms with E-state index in [0.29, 0.717) is 5.75 Å². The summed E-state index contributed by atoms with van der Waals surface area (Å²) in [6.07, 6.45) is 7.86. The molecule has 1 aliphatic carbocycles. The number of rotatable bonds is 1. The largest absolute Gasteiger partial charge is 0.508 e. The first-order valence-electron chi connectivity index (χ1n) is 4.94. The highest BCUT2D eigenvalue weighted by Crippen LogP contribution is 2.41. The number of aromatic hydroxyl groups is 1. The number of phenolic OH excluding ortho intramolecular Hbond substituents is 1. The smallest absolute Gasteiger partial charge is 0.119 e. The quantitative estimate of drug-likeness (QED) is 0.717. The molecule has 1 aromatic carbocycles. The Bertz CT molecular complexity index is 418. The summed E-state index contributed by atoms with van der Waals surface area (Å²) in [5.41, 5.74) is 0.871. The molecule has 0 amide bonds. The lowest BCUT2D eigenvalue weighted by atomic mass is 9.83. The van der Waals surface area contributed by atoms with Gasteiger partial charge in [0.25, 0.3) is 0 Å². The predicted octanol–water partition coefficient (Wildman–Crippen LogP) is 3.60. The molecule has 2 atom stereocenters. The van der Waals surface area contributed by atoms with Crippen molar-refractivity contribution in [3.8, 4) is 5.75 Å². The fraction of sp³-hybridized carbons (Fsp3) is 0.231. The molecule has 1 aliphatic rings. The van der Waals surface area contributed by atoms with Gasteiger partial charge < -0.3 is 5.11 Å². The zero-order valence-electron chi connectivity index (χ0n) is 8.52. The Morgan fingerprint density at radius 1 is 1.27 bits per heavy atom. The number of alkyl halides is 1. The summed E-state index contributed by atoms with van der Waals surface area (Å²) in [5.74, 6) is 0.319. The van der Waals surface area contributed by atoms with Crippen LogP contribution in [0.3, 0.4) is 0 Å². The summed E-state index contributed by atoms with van der Waals surface area (Å²) in [6.45, 7) is 1.95. The zero-order valence-corrected chi connectivity index (χ0v) is 9.28. The lowest BCUT2D eigenvalue weighted by Gasteiger charge is -2.29. The SMILES string of the molecule is CC1(Cl)C=CC=CC1c1ccccc1O. The van der Waals surface area contributed by atoms with Gasteiger partial charge in [0, 0.05) is 11.5 Å². The zero-order chi connectivity index (χ0) is 10.9. The topological polar surface area (TPSA) is 20.2 Å². The van der Waals surface area contributed by atoms with Crippen LogP contribution < -0.4 is 0 Å². The summed E-state index contributed by atoms with van der Waals surface area (Å²) in [5, 5.41) is 9.78. The number of allylic oxidation sites excluding steroid dienone is 4. The van der Waals surface area contributed by atoms with Crippen molar-refractivity contribution in [3.63, 3.8) is 0 Å². The van der Waals surface area contributed by atoms with E-state index < -0.39 is 4.87 Å². The Kier molecular flexibility index (Phi) is 2.57. The molecule has 0 saturated heterocycles. The molecule has 0 heterocycles. The molecular weight excluding hydrogens is 208 g/mol. The van der Waals surface area contributed by atoms with Gasteiger partial charge in [-0.3, -0.25) is 0 Å². The summed E-state index contributed by atoms with van der Waals surface area (Å²) in [7, 11) is 0. The Balaban J connectivity index is 2.44. The van der Waals surface area contributed by atoms with Crippen LogP contribution in [0.2, 0.25) is 0 Å². The van der Waals surface area contributed by atoms with E-state index in [9.17, 15) is 5.11 Å². The molecule has 0 aromatic heterocycles. The van der Waals surface area contributed by atoms with E-state index in [-0.39, 0.29) is 5.92 Å². The molecular formula is C13H13ClO. The van der Waals surface area contributed by atoms with E-state index in [1.54, 1.807) is 6.07 Å². The molecule has 1 nitrogen and oxygen atoms in total. The molecule has 78 valence electrons. The highest BCUT2D eigenvalue weighted by Gasteiger charge is 2.31. The average Bonchev–Trinajstić information content (AvgIpc) is 2.19. The molecule has 0 spiro atoms. The third-order valence-electron chi connectivity index (χ3n) is 2.72. The van der Waals surface area contributed by atoms with E-state index in [2.05, 4.69) is 0 Å². The second-order valence-electron chi connectivity index (χ2n) is 3.93. The first-order valence-corrected chi connectivity index (χ1v) is 5.32. The van der Waals surface area contributed by atoms with Crippen LogP contribution in [0.1, 0.15) is 18.4 Å². The Morgan fingerprint density at radius 2 is 2.00 bits per heavy atom. The molecule has 0 radical (unpaired) electrons. The van der Waals surface area contributed by atoms with E-state index in [1.807, 2.05) is 49.4 Å². The van der Waals surface area contributed by atoms with E-state index >= 15 is 0 Å². The highest BCUT2D eigenvalue weighted by molar-refractivity contribution is 6.26. The van der Waals surface area contributed by atoms with Crippen molar-refractivity contribution in [2.45, 2.75) is 17.7 Å². The number of benzene rings is 1. The van der Waals surface area contributed by atoms with Crippen molar-refractivity contribution in [3.05, 3.63) is 54.1 Å². The van der Waals surface area contributed by atoms with Crippen molar-refractivity contribution in [2.75, 3.05) is 0 Å². The van der Waals surface area contributed by atoms with E-state index in [1.165, 1.54) is 0 Å². The van der Waals surface area contributed by atoms with Gasteiger partial charge in [-0.05, 0) is 13.0 Å². The third kappa shape index (κ3) is 1.93. The summed E-state index contributed by atoms with van der Waals surface area (Å²) in [6, 6.07) is 7.32. The third-order valence-corrected chi connectivity index (χ3v) is 3.08. The Morgan fingerprint density at radius 3 is 2.67 bits per heavy atom. The van der Waals surface area contributed by atoms with Crippen LogP contribution in [-0.2, 0) is 0 Å².